The van der Waals surface area contributed by atoms with Crippen LogP contribution in [0.4, 0.5) is 38.9 Å². The molecular formula is C92H91N11O31S4. The summed E-state index contributed by atoms with van der Waals surface area (Å²) >= 11 is 0. The predicted octanol–water partition coefficient (Wildman–Crippen LogP) is 8.72. The average Bonchev–Trinajstić information content (AvgIpc) is 0.876. The Balaban J connectivity index is 0.000000225. The van der Waals surface area contributed by atoms with Gasteiger partial charge in [0.15, 0.2) is 23.6 Å². The number of benzene rings is 7. The Morgan fingerprint density at radius 1 is 0.493 bits per heavy atom. The molecule has 1 saturated heterocycles. The summed E-state index contributed by atoms with van der Waals surface area (Å²) in [6.45, 7) is 7.97. The molecule has 3 fully saturated rings. The molecule has 2 saturated carbocycles. The summed E-state index contributed by atoms with van der Waals surface area (Å²) in [7, 11) is -13.6. The van der Waals surface area contributed by atoms with Crippen molar-refractivity contribution in [3.8, 4) is 0 Å². The minimum absolute atomic E-state index is 0.00289. The van der Waals surface area contributed by atoms with Crippen LogP contribution in [0.15, 0.2) is 231 Å². The summed E-state index contributed by atoms with van der Waals surface area (Å²) in [5.41, 5.74) is -5.97. The molecule has 2 bridgehead atoms. The third-order valence-corrected chi connectivity index (χ3v) is 28.4. The molecule has 11 atom stereocenters. The fraction of sp³-hybridized carbons (Fsp3) is 0.272. The summed E-state index contributed by atoms with van der Waals surface area (Å²) < 4.78 is 170. The van der Waals surface area contributed by atoms with Crippen LogP contribution in [0, 0.1) is 16.7 Å². The number of aryl methyl sites for hydroxylation is 4. The second-order valence-electron chi connectivity index (χ2n) is 34.3. The van der Waals surface area contributed by atoms with E-state index in [2.05, 4.69) is 37.2 Å². The van der Waals surface area contributed by atoms with Crippen molar-refractivity contribution in [1.29, 1.82) is 0 Å². The van der Waals surface area contributed by atoms with Crippen LogP contribution >= 0.6 is 0 Å². The molecule has 46 heteroatoms. The van der Waals surface area contributed by atoms with E-state index in [-0.39, 0.29) is 114 Å². The SMILES string of the molecule is CC(=O)O[C@H]1C(=O)[C@@]2(C)[C@H]([C@H](OC(=O)c3ccccc3)[C@]3(O)C[C@H](OC(=O)[C@H](O)[C@@H](NC(=O)c4ccccc4)c4ccccc4)C(C)=C1C3(C)C)[C@]1(OC(C)=O)CO[C@@H]1C[C@@H]2O.Cn1cc(NC(=O)Nc2cc(C(=O)Nc3cc(C(=O)Nc4ccc5cc(S(=O)(=O)O)cc(S(=O)(=O)O)c5c4)n(C)c3)n(C)c2)cc1C(=O)Nc1cc(C(=O)Nc2ccc3cc(S(=O)(=O)O)cc(S(=O)(=O)O)c3c2)n(C)c1. The topological polar surface area (TPSA) is 616 Å². The van der Waals surface area contributed by atoms with Crippen molar-refractivity contribution in [2.75, 3.05) is 38.5 Å². The van der Waals surface area contributed by atoms with Crippen molar-refractivity contribution in [2.24, 2.45) is 44.9 Å². The number of fused-ring (bicyclic) bond motifs is 7. The van der Waals surface area contributed by atoms with Gasteiger partial charge in [0, 0.05) is 113 Å². The lowest BCUT2D eigenvalue weighted by molar-refractivity contribution is -0.346. The molecule has 0 unspecified atom stereocenters. The number of hydrogen-bond donors (Lipinski definition) is 14. The molecular weight excluding hydrogens is 1880 g/mol. The second kappa shape index (κ2) is 37.6. The van der Waals surface area contributed by atoms with E-state index in [1.165, 1.54) is 158 Å². The van der Waals surface area contributed by atoms with Gasteiger partial charge in [0.05, 0.1) is 68.2 Å². The summed E-state index contributed by atoms with van der Waals surface area (Å²) in [6.07, 6.45) is -4.75. The fourth-order valence-electron chi connectivity index (χ4n) is 18.2. The summed E-state index contributed by atoms with van der Waals surface area (Å²) in [5, 5.41) is 55.6. The van der Waals surface area contributed by atoms with Gasteiger partial charge in [-0.3, -0.25) is 56.6 Å². The Bertz CT molecular complexity index is 7130. The van der Waals surface area contributed by atoms with Crippen LogP contribution in [0.1, 0.15) is 129 Å². The van der Waals surface area contributed by atoms with Crippen molar-refractivity contribution in [2.45, 2.75) is 128 Å². The molecule has 724 valence electrons. The Hall–Kier alpha value is -14.4. The van der Waals surface area contributed by atoms with Gasteiger partial charge in [-0.15, -0.1) is 0 Å². The lowest BCUT2D eigenvalue weighted by atomic mass is 9.44. The number of urea groups is 1. The first-order chi connectivity index (χ1) is 64.6. The number of aliphatic hydroxyl groups excluding tert-OH is 2. The number of ether oxygens (including phenoxy) is 5. The third kappa shape index (κ3) is 19.8. The highest BCUT2D eigenvalue weighted by molar-refractivity contribution is 7.87. The van der Waals surface area contributed by atoms with E-state index in [9.17, 15) is 115 Å². The second-order valence-corrected chi connectivity index (χ2v) is 39.9. The smallest absolute Gasteiger partial charge is 0.338 e. The number of carbonyl (C=O) groups is 11. The quantitative estimate of drug-likeness (QED) is 0.0116. The van der Waals surface area contributed by atoms with Crippen LogP contribution in [-0.2, 0) is 112 Å². The number of hydrogen-bond acceptors (Lipinski definition) is 27. The van der Waals surface area contributed by atoms with Gasteiger partial charge in [0.25, 0.3) is 70.0 Å². The molecule has 4 aromatic heterocycles. The van der Waals surface area contributed by atoms with E-state index in [1.807, 2.05) is 0 Å². The zero-order chi connectivity index (χ0) is 100. The number of esters is 4. The number of ketones is 1. The van der Waals surface area contributed by atoms with Crippen LogP contribution in [0.2, 0.25) is 0 Å². The highest BCUT2D eigenvalue weighted by Gasteiger charge is 2.78. The first kappa shape index (κ1) is 99.5. The predicted molar refractivity (Wildman–Crippen MR) is 491 cm³/mol. The normalized spacial score (nSPS) is 21.0. The molecule has 15 rings (SSSR count). The number of rotatable bonds is 24. The minimum atomic E-state index is -5.00. The zero-order valence-corrected chi connectivity index (χ0v) is 77.9. The van der Waals surface area contributed by atoms with Crippen LogP contribution in [0.5, 0.6) is 0 Å². The van der Waals surface area contributed by atoms with E-state index >= 15 is 4.79 Å². The molecule has 42 nitrogen and oxygen atoms in total. The Labute approximate surface area is 786 Å². The van der Waals surface area contributed by atoms with Crippen LogP contribution in [-0.4, -0.2) is 205 Å². The van der Waals surface area contributed by atoms with Gasteiger partial charge in [0.1, 0.15) is 56.5 Å². The Kier molecular flexibility index (Phi) is 27.1. The maximum atomic E-state index is 15.5. The molecule has 14 N–H and O–H groups in total. The first-order valence-corrected chi connectivity index (χ1v) is 47.6. The van der Waals surface area contributed by atoms with Gasteiger partial charge >= 0.3 is 29.9 Å². The average molecular weight is 1980 g/mol. The van der Waals surface area contributed by atoms with Gasteiger partial charge in [-0.05, 0) is 138 Å². The number of carbonyl (C=O) groups excluding carboxylic acids is 11. The minimum Gasteiger partial charge on any atom is -0.456 e. The lowest BCUT2D eigenvalue weighted by Crippen LogP contribution is -2.82. The number of anilines is 6. The van der Waals surface area contributed by atoms with E-state index in [0.29, 0.717) is 17.7 Å². The number of aliphatic hydroxyl groups is 3. The molecule has 7 amide bonds. The molecule has 7 aromatic carbocycles. The molecule has 5 heterocycles. The van der Waals surface area contributed by atoms with Crippen molar-refractivity contribution in [3.05, 3.63) is 251 Å². The van der Waals surface area contributed by atoms with Gasteiger partial charge in [-0.1, -0.05) is 92.7 Å². The van der Waals surface area contributed by atoms with Gasteiger partial charge < -0.3 is 94.5 Å². The van der Waals surface area contributed by atoms with E-state index in [1.54, 1.807) is 92.7 Å². The zero-order valence-electron chi connectivity index (χ0n) is 74.6. The summed E-state index contributed by atoms with van der Waals surface area (Å²) in [5.74, 6) is -9.55. The number of Topliss-reactive ketones (excluding diaryl/α,β-unsaturated/α-hetero) is 1. The van der Waals surface area contributed by atoms with Crippen LogP contribution < -0.4 is 37.2 Å². The number of amides is 7. The van der Waals surface area contributed by atoms with Crippen molar-refractivity contribution in [1.82, 2.24) is 23.6 Å². The van der Waals surface area contributed by atoms with Gasteiger partial charge in [-0.2, -0.15) is 33.7 Å². The lowest BCUT2D eigenvalue weighted by Gasteiger charge is -2.67. The molecule has 1 aliphatic heterocycles. The largest absolute Gasteiger partial charge is 0.456 e. The van der Waals surface area contributed by atoms with E-state index < -0.39 is 202 Å². The van der Waals surface area contributed by atoms with Gasteiger partial charge in [-0.25, -0.2) is 14.4 Å². The molecule has 0 spiro atoms. The first-order valence-electron chi connectivity index (χ1n) is 41.8. The van der Waals surface area contributed by atoms with E-state index in [0.717, 1.165) is 26.0 Å². The monoisotopic (exact) mass is 1970 g/mol. The highest BCUT2D eigenvalue weighted by atomic mass is 32.2. The maximum Gasteiger partial charge on any atom is 0.338 e. The van der Waals surface area contributed by atoms with Crippen molar-refractivity contribution < 1.29 is 144 Å². The number of nitrogens with one attached hydrogen (secondary N) is 7. The maximum absolute atomic E-state index is 15.5. The summed E-state index contributed by atoms with van der Waals surface area (Å²) in [4.78, 5) is 147. The molecule has 11 aromatic rings. The fourth-order valence-corrected chi connectivity index (χ4v) is 20.9. The number of aromatic nitrogens is 4. The number of nitrogens with zero attached hydrogens (tertiary/aromatic N) is 4. The van der Waals surface area contributed by atoms with E-state index in [4.69, 9.17) is 23.7 Å². The van der Waals surface area contributed by atoms with Crippen molar-refractivity contribution in [3.63, 3.8) is 0 Å². The third-order valence-electron chi connectivity index (χ3n) is 24.9. The standard InChI is InChI=1S/C47H51NO14.C45H40N10O17S4/c1-25-31(60-43(56)36(52)35(28-16-10-7-11-17-28)48-41(54)29-18-12-8-13-19-29)23-47(57)40(61-42(55)30-20-14-9-15-21-30)38-45(6,32(51)22-33-46(38,24-58-33)62-27(3)50)39(53)37(59-26(2)49)34(25)44(47,4)5;1-52-19-27(13-35(52)41(56)46-25-7-5-23-9-31(73(61,62)63)17-39(33(23)11-25)75(67,68)69)48-43(58)37-15-29(21-54(37)3)50-45(60)51-30-16-38(55(4)22-30)44(59)49-28-14-36(53(2)20-28)42(57)47-26-8-6-24-10-32(74(64,65)66)18-40(34(24)12-26)76(70,71)72/h7-21,31-33,35-38,40,51-52,57H,22-24H2,1-6H3,(H,48,54);5-22H,1-4H3,(H,46,56)(H,47,57)(H,48,58)(H,49,59)(H2,50,51,60)(H,61,62,63)(H,64,65,66)(H,67,68,69)(H,70,71,72)/t31-,32-,33+,35-,36+,37+,38-,40-,45+,46-,47+;/m0./s1. The van der Waals surface area contributed by atoms with Crippen LogP contribution in [0.25, 0.3) is 21.5 Å². The molecule has 138 heavy (non-hydrogen) atoms. The molecule has 0 radical (unpaired) electrons. The molecule has 4 aliphatic rings. The highest BCUT2D eigenvalue weighted by Crippen LogP contribution is 2.65. The van der Waals surface area contributed by atoms with Crippen LogP contribution in [0.3, 0.4) is 0 Å². The van der Waals surface area contributed by atoms with Crippen molar-refractivity contribution >= 4 is 161 Å². The molecule has 3 aliphatic carbocycles. The Morgan fingerprint density at radius 2 is 0.906 bits per heavy atom. The Morgan fingerprint density at radius 3 is 1.30 bits per heavy atom. The van der Waals surface area contributed by atoms with Gasteiger partial charge in [0.2, 0.25) is 0 Å². The summed E-state index contributed by atoms with van der Waals surface area (Å²) in [6, 6.07) is 38.3.